The second-order valence-electron chi connectivity index (χ2n) is 7.36. The molecule has 30 heavy (non-hydrogen) atoms. The number of nitrogens with zero attached hydrogens (tertiary/aromatic N) is 2. The molecule has 1 aromatic heterocycles. The summed E-state index contributed by atoms with van der Waals surface area (Å²) in [5.74, 6) is 0. The Morgan fingerprint density at radius 1 is 0.867 bits per heavy atom. The number of imidazole rings is 1. The Bertz CT molecular complexity index is 982. The Morgan fingerprint density at radius 2 is 1.47 bits per heavy atom. The first-order valence-electron chi connectivity index (χ1n) is 10.9. The van der Waals surface area contributed by atoms with Crippen molar-refractivity contribution in [2.24, 2.45) is 0 Å². The van der Waals surface area contributed by atoms with Gasteiger partial charge in [0.2, 0.25) is 0 Å². The van der Waals surface area contributed by atoms with Gasteiger partial charge in [0.05, 0.1) is 12.0 Å². The van der Waals surface area contributed by atoms with E-state index in [9.17, 15) is 0 Å². The van der Waals surface area contributed by atoms with Crippen molar-refractivity contribution in [1.29, 1.82) is 0 Å². The van der Waals surface area contributed by atoms with E-state index >= 15 is 0 Å². The van der Waals surface area contributed by atoms with Gasteiger partial charge in [0.1, 0.15) is 5.54 Å². The first kappa shape index (κ1) is 21.6. The molecule has 2 heteroatoms. The highest BCUT2D eigenvalue weighted by Gasteiger charge is 2.38. The summed E-state index contributed by atoms with van der Waals surface area (Å²) in [5, 5.41) is 0. The highest BCUT2D eigenvalue weighted by atomic mass is 15.1. The zero-order valence-electron chi connectivity index (χ0n) is 18.5. The van der Waals surface area contributed by atoms with Gasteiger partial charge >= 0.3 is 0 Å². The first-order chi connectivity index (χ1) is 14.7. The topological polar surface area (TPSA) is 17.8 Å². The second kappa shape index (κ2) is 10.1. The van der Waals surface area contributed by atoms with Crippen molar-refractivity contribution < 1.29 is 0 Å². The van der Waals surface area contributed by atoms with Crippen molar-refractivity contribution in [3.63, 3.8) is 0 Å². The molecule has 0 radical (unpaired) electrons. The summed E-state index contributed by atoms with van der Waals surface area (Å²) in [6.07, 6.45) is 14.9. The minimum Gasteiger partial charge on any atom is -0.320 e. The predicted molar refractivity (Wildman–Crippen MR) is 128 cm³/mol. The fraction of sp³-hybridized carbons (Fsp3) is 0.250. The fourth-order valence-electron chi connectivity index (χ4n) is 4.10. The summed E-state index contributed by atoms with van der Waals surface area (Å²) in [7, 11) is 0. The van der Waals surface area contributed by atoms with E-state index in [1.54, 1.807) is 0 Å². The molecule has 0 N–H and O–H groups in total. The van der Waals surface area contributed by atoms with Gasteiger partial charge in [0.15, 0.2) is 0 Å². The van der Waals surface area contributed by atoms with Gasteiger partial charge in [-0.25, -0.2) is 4.98 Å². The van der Waals surface area contributed by atoms with E-state index < -0.39 is 0 Å². The molecule has 0 aliphatic heterocycles. The number of hydrogen-bond acceptors (Lipinski definition) is 1. The first-order valence-corrected chi connectivity index (χ1v) is 10.9. The maximum absolute atomic E-state index is 4.66. The maximum Gasteiger partial charge on any atom is 0.100 e. The summed E-state index contributed by atoms with van der Waals surface area (Å²) in [6.45, 7) is 8.25. The molecule has 4 rings (SSSR count). The minimum atomic E-state index is -0.353. The molecule has 0 fully saturated rings. The Kier molecular flexibility index (Phi) is 7.24. The van der Waals surface area contributed by atoms with Gasteiger partial charge in [0.25, 0.3) is 0 Å². The maximum atomic E-state index is 4.66. The van der Waals surface area contributed by atoms with Crippen LogP contribution in [0.4, 0.5) is 0 Å². The van der Waals surface area contributed by atoms with Crippen molar-refractivity contribution >= 4 is 0 Å². The van der Waals surface area contributed by atoms with Crippen LogP contribution in [0.25, 0.3) is 0 Å². The van der Waals surface area contributed by atoms with Crippen LogP contribution < -0.4 is 0 Å². The summed E-state index contributed by atoms with van der Waals surface area (Å²) in [4.78, 5) is 4.66. The number of rotatable bonds is 5. The van der Waals surface area contributed by atoms with Crippen molar-refractivity contribution in [3.05, 3.63) is 125 Å². The molecule has 0 spiro atoms. The third-order valence-corrected chi connectivity index (χ3v) is 5.70. The zero-order valence-corrected chi connectivity index (χ0v) is 18.5. The van der Waals surface area contributed by atoms with E-state index in [0.717, 1.165) is 18.5 Å². The lowest BCUT2D eigenvalue weighted by atomic mass is 9.77. The largest absolute Gasteiger partial charge is 0.320 e. The van der Waals surface area contributed by atoms with Crippen molar-refractivity contribution in [3.8, 4) is 0 Å². The molecule has 2 nitrogen and oxygen atoms in total. The van der Waals surface area contributed by atoms with E-state index in [0.29, 0.717) is 0 Å². The second-order valence-corrected chi connectivity index (χ2v) is 7.36. The van der Waals surface area contributed by atoms with Crippen LogP contribution in [-0.4, -0.2) is 9.55 Å². The van der Waals surface area contributed by atoms with Gasteiger partial charge in [-0.15, -0.1) is 0 Å². The summed E-state index contributed by atoms with van der Waals surface area (Å²) >= 11 is 0. The predicted octanol–water partition coefficient (Wildman–Crippen LogP) is 7.15. The molecule has 0 saturated heterocycles. The molecule has 1 aliphatic rings. The molecule has 1 heterocycles. The van der Waals surface area contributed by atoms with Crippen LogP contribution in [0.5, 0.6) is 0 Å². The minimum absolute atomic E-state index is 0.353. The van der Waals surface area contributed by atoms with Gasteiger partial charge in [-0.2, -0.15) is 0 Å². The molecule has 0 saturated carbocycles. The molecule has 3 aromatic rings. The molecular weight excluding hydrogens is 364 g/mol. The Hall–Kier alpha value is -3.13. The summed E-state index contributed by atoms with van der Waals surface area (Å²) < 4.78 is 2.36. The monoisotopic (exact) mass is 396 g/mol. The molecule has 0 bridgehead atoms. The van der Waals surface area contributed by atoms with E-state index in [1.807, 2.05) is 20.2 Å². The lowest BCUT2D eigenvalue weighted by Gasteiger charge is -2.38. The zero-order chi connectivity index (χ0) is 21.4. The number of allylic oxidation sites excluding steroid dienone is 6. The highest BCUT2D eigenvalue weighted by Crippen LogP contribution is 2.41. The normalized spacial score (nSPS) is 13.3. The Labute approximate surface area is 181 Å². The lowest BCUT2D eigenvalue weighted by molar-refractivity contribution is 0.419. The van der Waals surface area contributed by atoms with Gasteiger partial charge in [0, 0.05) is 12.1 Å². The van der Waals surface area contributed by atoms with Crippen LogP contribution in [0.1, 0.15) is 49.2 Å². The van der Waals surface area contributed by atoms with Gasteiger partial charge in [-0.05, 0) is 37.0 Å². The van der Waals surface area contributed by atoms with E-state index in [2.05, 4.69) is 114 Å². The average Bonchev–Trinajstić information content (AvgIpc) is 2.99. The van der Waals surface area contributed by atoms with E-state index in [4.69, 9.17) is 0 Å². The Balaban J connectivity index is 0.00000124. The molecule has 154 valence electrons. The third-order valence-electron chi connectivity index (χ3n) is 5.70. The van der Waals surface area contributed by atoms with Gasteiger partial charge < -0.3 is 4.57 Å². The van der Waals surface area contributed by atoms with E-state index in [1.165, 1.54) is 22.4 Å². The number of aryl methyl sites for hydroxylation is 1. The highest BCUT2D eigenvalue weighted by molar-refractivity contribution is 5.44. The van der Waals surface area contributed by atoms with Crippen molar-refractivity contribution in [2.75, 3.05) is 0 Å². The van der Waals surface area contributed by atoms with Crippen LogP contribution in [-0.2, 0) is 5.54 Å². The molecule has 0 atom stereocenters. The van der Waals surface area contributed by atoms with Crippen LogP contribution >= 0.6 is 0 Å². The number of benzene rings is 2. The van der Waals surface area contributed by atoms with Crippen LogP contribution in [0, 0.1) is 13.8 Å². The molecule has 0 amide bonds. The van der Waals surface area contributed by atoms with Crippen LogP contribution in [0.15, 0.2) is 103 Å². The standard InChI is InChI=1S/C26H26N2.C2H6/c1-21-22(2)28(20-27-21)26(24-15-9-5-10-16-24,25-17-11-6-12-18-25)19-23-13-7-3-4-8-14-23;1-2/h3-7,9-18,20H,8,19H2,1-2H3;1-2H3. The third kappa shape index (κ3) is 4.23. The molecule has 2 aromatic carbocycles. The average molecular weight is 397 g/mol. The van der Waals surface area contributed by atoms with Gasteiger partial charge in [-0.3, -0.25) is 0 Å². The van der Waals surface area contributed by atoms with Crippen molar-refractivity contribution in [1.82, 2.24) is 9.55 Å². The fourth-order valence-corrected chi connectivity index (χ4v) is 4.10. The summed E-state index contributed by atoms with van der Waals surface area (Å²) in [5.41, 5.74) is 5.80. The molecular formula is C28H32N2. The molecule has 0 unspecified atom stereocenters. The lowest BCUT2D eigenvalue weighted by Crippen LogP contribution is -2.37. The van der Waals surface area contributed by atoms with Crippen LogP contribution in [0.3, 0.4) is 0 Å². The van der Waals surface area contributed by atoms with Crippen molar-refractivity contribution in [2.45, 2.75) is 46.1 Å². The smallest absolute Gasteiger partial charge is 0.100 e. The summed E-state index contributed by atoms with van der Waals surface area (Å²) in [6, 6.07) is 21.6. The number of hydrogen-bond donors (Lipinski definition) is 0. The molecule has 1 aliphatic carbocycles. The van der Waals surface area contributed by atoms with E-state index in [-0.39, 0.29) is 5.54 Å². The quantitative estimate of drug-likeness (QED) is 0.448. The number of aromatic nitrogens is 2. The Morgan fingerprint density at radius 3 is 2.00 bits per heavy atom. The van der Waals surface area contributed by atoms with Gasteiger partial charge in [-0.1, -0.05) is 105 Å². The van der Waals surface area contributed by atoms with Crippen LogP contribution in [0.2, 0.25) is 0 Å². The SMILES string of the molecule is CC.Cc1ncn(C(CC2=CCC=CC=C2)(c2ccccc2)c2ccccc2)c1C.